The molecular weight excluding hydrogens is 484 g/mol. The highest BCUT2D eigenvalue weighted by Gasteiger charge is 2.27. The predicted molar refractivity (Wildman–Crippen MR) is 136 cm³/mol. The molecule has 36 heavy (non-hydrogen) atoms. The number of methoxy groups -OCH3 is 1. The van der Waals surface area contributed by atoms with Crippen LogP contribution in [0.1, 0.15) is 37.7 Å². The lowest BCUT2D eigenvalue weighted by Crippen LogP contribution is -2.35. The normalized spacial score (nSPS) is 21.9. The van der Waals surface area contributed by atoms with E-state index < -0.39 is 6.09 Å². The number of amides is 1. The number of hydrogen-bond acceptors (Lipinski definition) is 7. The second kappa shape index (κ2) is 10.9. The number of H-pyrrole nitrogens is 1. The first-order valence-corrected chi connectivity index (χ1v) is 12.5. The highest BCUT2D eigenvalue weighted by atomic mass is 35.5. The summed E-state index contributed by atoms with van der Waals surface area (Å²) in [4.78, 5) is 23.7. The number of benzene rings is 1. The maximum atomic E-state index is 11.4. The third kappa shape index (κ3) is 5.48. The maximum Gasteiger partial charge on any atom is 0.407 e. The molecule has 0 saturated carbocycles. The lowest BCUT2D eigenvalue weighted by molar-refractivity contribution is 0.0755. The number of aliphatic hydroxyl groups excluding tert-OH is 1. The molecule has 1 unspecified atom stereocenters. The summed E-state index contributed by atoms with van der Waals surface area (Å²) in [6.45, 7) is 0.563. The second-order valence-corrected chi connectivity index (χ2v) is 9.50. The van der Waals surface area contributed by atoms with Crippen LogP contribution in [0.5, 0.6) is 6.01 Å². The van der Waals surface area contributed by atoms with E-state index in [2.05, 4.69) is 43.2 Å². The van der Waals surface area contributed by atoms with Crippen LogP contribution in [0.2, 0.25) is 5.02 Å². The number of carbonyl (C=O) groups is 1. The molecule has 10 heteroatoms. The van der Waals surface area contributed by atoms with Gasteiger partial charge in [-0.05, 0) is 42.9 Å². The van der Waals surface area contributed by atoms with E-state index in [4.69, 9.17) is 26.2 Å². The number of alkyl carbamates (subject to hydrolysis) is 1. The van der Waals surface area contributed by atoms with E-state index in [0.29, 0.717) is 47.3 Å². The fourth-order valence-electron chi connectivity index (χ4n) is 4.71. The minimum absolute atomic E-state index is 0.00819. The van der Waals surface area contributed by atoms with Crippen molar-refractivity contribution in [3.8, 4) is 17.3 Å². The summed E-state index contributed by atoms with van der Waals surface area (Å²) >= 11 is 6.58. The smallest absolute Gasteiger partial charge is 0.407 e. The summed E-state index contributed by atoms with van der Waals surface area (Å²) in [6.07, 6.45) is 5.49. The van der Waals surface area contributed by atoms with Gasteiger partial charge in [-0.2, -0.15) is 4.98 Å². The lowest BCUT2D eigenvalue weighted by Gasteiger charge is -2.22. The number of imidazole rings is 1. The van der Waals surface area contributed by atoms with Crippen LogP contribution < -0.4 is 10.1 Å². The van der Waals surface area contributed by atoms with E-state index in [9.17, 15) is 4.79 Å². The fraction of sp³-hybridized carbons (Fsp3) is 0.423. The van der Waals surface area contributed by atoms with Crippen LogP contribution in [0.3, 0.4) is 0 Å². The minimum atomic E-state index is -0.391. The molecule has 9 nitrogen and oxygen atoms in total. The third-order valence-electron chi connectivity index (χ3n) is 6.63. The first kappa shape index (κ1) is 24.5. The van der Waals surface area contributed by atoms with Gasteiger partial charge in [-0.15, -0.1) is 0 Å². The quantitative estimate of drug-likeness (QED) is 0.426. The van der Waals surface area contributed by atoms with E-state index in [1.165, 1.54) is 12.7 Å². The number of allylic oxidation sites excluding steroid dienone is 1. The first-order chi connectivity index (χ1) is 17.5. The van der Waals surface area contributed by atoms with E-state index >= 15 is 0 Å². The molecule has 3 N–H and O–H groups in total. The fourth-order valence-corrected chi connectivity index (χ4v) is 4.97. The number of aliphatic hydroxyl groups is 1. The Morgan fingerprint density at radius 1 is 1.28 bits per heavy atom. The zero-order chi connectivity index (χ0) is 25.1. The van der Waals surface area contributed by atoms with Crippen LogP contribution in [0.4, 0.5) is 4.79 Å². The molecule has 2 aromatic heterocycles. The average molecular weight is 513 g/mol. The SMILES string of the molecule is COC(=O)NC1CC=C(c2ccc(-c3nc4nc(O[C@@H]5CO[C@H](CCO)C5)[nH]c4cc3Cl)cc2)CC1. The Labute approximate surface area is 213 Å². The molecule has 0 spiro atoms. The Morgan fingerprint density at radius 2 is 2.08 bits per heavy atom. The Balaban J connectivity index is 1.28. The molecule has 0 radical (unpaired) electrons. The van der Waals surface area contributed by atoms with Crippen molar-refractivity contribution in [1.82, 2.24) is 20.3 Å². The number of rotatable bonds is 7. The molecule has 0 bridgehead atoms. The molecule has 2 aliphatic rings. The standard InChI is InChI=1S/C26H29ClN4O5/c1-34-26(33)28-18-8-6-16(7-9-18)15-2-4-17(5-3-15)23-21(27)13-22-24(30-23)31-25(29-22)36-20-12-19(10-11-32)35-14-20/h2-6,13,18-20,32H,7-12,14H2,1H3,(H,28,33)(H,29,30,31)/t18?,19-,20+/m1/s1. The van der Waals surface area contributed by atoms with Gasteiger partial charge in [0.25, 0.3) is 6.01 Å². The van der Waals surface area contributed by atoms with Gasteiger partial charge in [0, 0.05) is 24.6 Å². The number of nitrogens with one attached hydrogen (secondary N) is 2. The number of fused-ring (bicyclic) bond motifs is 1. The van der Waals surface area contributed by atoms with Crippen LogP contribution in [0.25, 0.3) is 28.0 Å². The van der Waals surface area contributed by atoms with Gasteiger partial charge >= 0.3 is 6.09 Å². The molecule has 1 fully saturated rings. The molecule has 190 valence electrons. The number of aromatic nitrogens is 3. The van der Waals surface area contributed by atoms with E-state index in [-0.39, 0.29) is 24.9 Å². The number of halogens is 1. The molecule has 3 heterocycles. The molecule has 1 saturated heterocycles. The van der Waals surface area contributed by atoms with Crippen molar-refractivity contribution in [1.29, 1.82) is 0 Å². The third-order valence-corrected chi connectivity index (χ3v) is 6.91. The number of hydrogen-bond donors (Lipinski definition) is 3. The van der Waals surface area contributed by atoms with Gasteiger partial charge in [0.15, 0.2) is 5.65 Å². The molecule has 3 aromatic rings. The van der Waals surface area contributed by atoms with Gasteiger partial charge < -0.3 is 29.6 Å². The largest absolute Gasteiger partial charge is 0.459 e. The molecule has 3 atom stereocenters. The second-order valence-electron chi connectivity index (χ2n) is 9.09. The Morgan fingerprint density at radius 3 is 2.81 bits per heavy atom. The summed E-state index contributed by atoms with van der Waals surface area (Å²) in [6, 6.07) is 10.4. The van der Waals surface area contributed by atoms with Gasteiger partial charge in [-0.3, -0.25) is 0 Å². The van der Waals surface area contributed by atoms with Gasteiger partial charge in [-0.1, -0.05) is 41.9 Å². The van der Waals surface area contributed by atoms with E-state index in [0.717, 1.165) is 30.4 Å². The zero-order valence-corrected chi connectivity index (χ0v) is 20.8. The van der Waals surface area contributed by atoms with Gasteiger partial charge in [0.2, 0.25) is 0 Å². The summed E-state index contributed by atoms with van der Waals surface area (Å²) in [5, 5.41) is 12.5. The summed E-state index contributed by atoms with van der Waals surface area (Å²) in [5.74, 6) is 0. The van der Waals surface area contributed by atoms with Crippen molar-refractivity contribution in [2.75, 3.05) is 20.3 Å². The van der Waals surface area contributed by atoms with Crippen molar-refractivity contribution in [2.45, 2.75) is 50.4 Å². The minimum Gasteiger partial charge on any atom is -0.459 e. The number of carbonyl (C=O) groups excluding carboxylic acids is 1. The summed E-state index contributed by atoms with van der Waals surface area (Å²) in [7, 11) is 1.37. The van der Waals surface area contributed by atoms with Gasteiger partial charge in [0.1, 0.15) is 6.10 Å². The Bertz CT molecular complexity index is 1260. The van der Waals surface area contributed by atoms with Gasteiger partial charge in [-0.25, -0.2) is 9.78 Å². The number of aromatic amines is 1. The Hall–Kier alpha value is -3.14. The van der Waals surface area contributed by atoms with E-state index in [1.807, 2.05) is 18.2 Å². The highest BCUT2D eigenvalue weighted by molar-refractivity contribution is 6.33. The van der Waals surface area contributed by atoms with Crippen molar-refractivity contribution >= 4 is 34.4 Å². The summed E-state index contributed by atoms with van der Waals surface area (Å²) < 4.78 is 16.3. The lowest BCUT2D eigenvalue weighted by atomic mass is 9.90. The molecule has 1 aliphatic carbocycles. The number of nitrogens with zero attached hydrogens (tertiary/aromatic N) is 2. The zero-order valence-electron chi connectivity index (χ0n) is 20.0. The van der Waals surface area contributed by atoms with Crippen LogP contribution in [0.15, 0.2) is 36.4 Å². The van der Waals surface area contributed by atoms with Gasteiger partial charge in [0.05, 0.1) is 36.1 Å². The molecule has 1 amide bonds. The van der Waals surface area contributed by atoms with E-state index in [1.54, 1.807) is 0 Å². The number of pyridine rings is 1. The highest BCUT2D eigenvalue weighted by Crippen LogP contribution is 2.33. The number of ether oxygens (including phenoxy) is 3. The summed E-state index contributed by atoms with van der Waals surface area (Å²) in [5.41, 5.74) is 5.17. The Kier molecular flexibility index (Phi) is 7.41. The molecule has 1 aliphatic heterocycles. The molecular formula is C26H29ClN4O5. The van der Waals surface area contributed by atoms with Crippen molar-refractivity contribution in [2.24, 2.45) is 0 Å². The predicted octanol–water partition coefficient (Wildman–Crippen LogP) is 4.49. The van der Waals surface area contributed by atoms with Crippen LogP contribution >= 0.6 is 11.6 Å². The average Bonchev–Trinajstić information content (AvgIpc) is 3.50. The first-order valence-electron chi connectivity index (χ1n) is 12.1. The van der Waals surface area contributed by atoms with Crippen LogP contribution in [0, 0.1) is 0 Å². The van der Waals surface area contributed by atoms with Crippen LogP contribution in [-0.2, 0) is 9.47 Å². The monoisotopic (exact) mass is 512 g/mol. The molecule has 1 aromatic carbocycles. The maximum absolute atomic E-state index is 11.4. The van der Waals surface area contributed by atoms with Crippen molar-refractivity contribution in [3.05, 3.63) is 47.0 Å². The van der Waals surface area contributed by atoms with Crippen molar-refractivity contribution < 1.29 is 24.1 Å². The molecule has 5 rings (SSSR count). The van der Waals surface area contributed by atoms with Crippen LogP contribution in [-0.4, -0.2) is 64.7 Å². The van der Waals surface area contributed by atoms with Crippen molar-refractivity contribution in [3.63, 3.8) is 0 Å². The topological polar surface area (TPSA) is 119 Å².